The van der Waals surface area contributed by atoms with Crippen molar-refractivity contribution in [3.05, 3.63) is 29.6 Å². The Morgan fingerprint density at radius 1 is 1.58 bits per heavy atom. The van der Waals surface area contributed by atoms with Crippen LogP contribution in [0.15, 0.2) is 18.3 Å². The maximum absolute atomic E-state index is 12.3. The van der Waals surface area contributed by atoms with Crippen LogP contribution in [0.25, 0.3) is 0 Å². The fourth-order valence-electron chi connectivity index (χ4n) is 2.42. The maximum atomic E-state index is 12.3. The monoisotopic (exact) mass is 283 g/mol. The smallest absolute Gasteiger partial charge is 0.253 e. The van der Waals surface area contributed by atoms with E-state index < -0.39 is 0 Å². The first-order valence-electron chi connectivity index (χ1n) is 6.56. The molecule has 1 amide bonds. The van der Waals surface area contributed by atoms with Crippen LogP contribution < -0.4 is 5.73 Å². The molecule has 1 aliphatic heterocycles. The molecule has 1 unspecified atom stereocenters. The molecule has 5 heteroatoms. The van der Waals surface area contributed by atoms with E-state index in [-0.39, 0.29) is 18.3 Å². The fraction of sp³-hybridized carbons (Fsp3) is 0.571. The second kappa shape index (κ2) is 6.87. The molecule has 0 saturated carbocycles. The molecule has 19 heavy (non-hydrogen) atoms. The van der Waals surface area contributed by atoms with Gasteiger partial charge in [0.15, 0.2) is 0 Å². The molecule has 2 heterocycles. The van der Waals surface area contributed by atoms with Crippen LogP contribution in [0.4, 0.5) is 0 Å². The van der Waals surface area contributed by atoms with Crippen molar-refractivity contribution < 1.29 is 4.79 Å². The van der Waals surface area contributed by atoms with Crippen LogP contribution in [0.3, 0.4) is 0 Å². The van der Waals surface area contributed by atoms with Gasteiger partial charge in [-0.2, -0.15) is 0 Å². The highest BCUT2D eigenvalue weighted by molar-refractivity contribution is 5.94. The molecule has 1 atom stereocenters. The van der Waals surface area contributed by atoms with Crippen LogP contribution in [0.5, 0.6) is 0 Å². The van der Waals surface area contributed by atoms with E-state index in [0.717, 1.165) is 25.2 Å². The van der Waals surface area contributed by atoms with Gasteiger partial charge in [-0.3, -0.25) is 9.78 Å². The van der Waals surface area contributed by atoms with Crippen LogP contribution in [-0.2, 0) is 6.54 Å². The second-order valence-electron chi connectivity index (χ2n) is 5.28. The van der Waals surface area contributed by atoms with Crippen LogP contribution in [-0.4, -0.2) is 28.9 Å². The molecule has 1 aromatic rings. The second-order valence-corrected chi connectivity index (χ2v) is 5.28. The minimum absolute atomic E-state index is 0. The summed E-state index contributed by atoms with van der Waals surface area (Å²) < 4.78 is 0. The van der Waals surface area contributed by atoms with Crippen molar-refractivity contribution >= 4 is 18.3 Å². The summed E-state index contributed by atoms with van der Waals surface area (Å²) in [7, 11) is 0. The molecule has 0 aliphatic carbocycles. The highest BCUT2D eigenvalue weighted by atomic mass is 35.5. The number of aromatic nitrogens is 1. The summed E-state index contributed by atoms with van der Waals surface area (Å²) in [5, 5.41) is 0. The molecule has 2 N–H and O–H groups in total. The highest BCUT2D eigenvalue weighted by Gasteiger charge is 2.28. The minimum atomic E-state index is 0. The molecule has 0 bridgehead atoms. The molecule has 1 aromatic heterocycles. The molecular formula is C14H22ClN3O. The van der Waals surface area contributed by atoms with Crippen LogP contribution in [0.2, 0.25) is 0 Å². The predicted octanol–water partition coefficient (Wildman–Crippen LogP) is 2.08. The first-order valence-corrected chi connectivity index (χ1v) is 6.56. The van der Waals surface area contributed by atoms with Crippen molar-refractivity contribution in [2.45, 2.75) is 26.8 Å². The third-order valence-electron chi connectivity index (χ3n) is 3.73. The topological polar surface area (TPSA) is 59.2 Å². The third kappa shape index (κ3) is 3.67. The number of amides is 1. The zero-order valence-electron chi connectivity index (χ0n) is 11.5. The summed E-state index contributed by atoms with van der Waals surface area (Å²) in [6, 6.07) is 3.56. The third-order valence-corrected chi connectivity index (χ3v) is 3.73. The summed E-state index contributed by atoms with van der Waals surface area (Å²) >= 11 is 0. The van der Waals surface area contributed by atoms with Crippen molar-refractivity contribution in [1.29, 1.82) is 0 Å². The van der Waals surface area contributed by atoms with Gasteiger partial charge in [0.2, 0.25) is 0 Å². The number of hydrogen-bond acceptors (Lipinski definition) is 3. The van der Waals surface area contributed by atoms with Crippen LogP contribution in [0, 0.1) is 11.8 Å². The molecule has 0 radical (unpaired) electrons. The summed E-state index contributed by atoms with van der Waals surface area (Å²) in [4.78, 5) is 18.4. The Labute approximate surface area is 120 Å². The lowest BCUT2D eigenvalue weighted by molar-refractivity contribution is 0.0784. The quantitative estimate of drug-likeness (QED) is 0.924. The van der Waals surface area contributed by atoms with E-state index in [9.17, 15) is 4.79 Å². The average molecular weight is 284 g/mol. The number of carbonyl (C=O) groups is 1. The van der Waals surface area contributed by atoms with E-state index in [2.05, 4.69) is 18.8 Å². The van der Waals surface area contributed by atoms with E-state index in [4.69, 9.17) is 5.73 Å². The Morgan fingerprint density at radius 2 is 2.32 bits per heavy atom. The van der Waals surface area contributed by atoms with Crippen molar-refractivity contribution in [3.8, 4) is 0 Å². The van der Waals surface area contributed by atoms with Crippen LogP contribution >= 0.6 is 12.4 Å². The molecule has 1 saturated heterocycles. The molecule has 1 aliphatic rings. The van der Waals surface area contributed by atoms with E-state index in [1.807, 2.05) is 4.90 Å². The van der Waals surface area contributed by atoms with Gasteiger partial charge in [-0.05, 0) is 30.4 Å². The molecule has 4 nitrogen and oxygen atoms in total. The van der Waals surface area contributed by atoms with E-state index >= 15 is 0 Å². The number of halogens is 1. The number of nitrogens with two attached hydrogens (primary N) is 1. The average Bonchev–Trinajstić information content (AvgIpc) is 2.87. The summed E-state index contributed by atoms with van der Waals surface area (Å²) in [5.41, 5.74) is 7.01. The van der Waals surface area contributed by atoms with Crippen molar-refractivity contribution in [2.75, 3.05) is 13.1 Å². The van der Waals surface area contributed by atoms with E-state index in [1.165, 1.54) is 0 Å². The Balaban J connectivity index is 0.00000180. The first-order chi connectivity index (χ1) is 8.61. The number of pyridine rings is 1. The molecule has 2 rings (SSSR count). The molecule has 106 valence electrons. The van der Waals surface area contributed by atoms with Gasteiger partial charge in [0.1, 0.15) is 0 Å². The van der Waals surface area contributed by atoms with Gasteiger partial charge >= 0.3 is 0 Å². The number of likely N-dealkylation sites (tertiary alicyclic amines) is 1. The lowest BCUT2D eigenvalue weighted by Gasteiger charge is -2.18. The highest BCUT2D eigenvalue weighted by Crippen LogP contribution is 2.24. The van der Waals surface area contributed by atoms with E-state index in [1.54, 1.807) is 18.3 Å². The Kier molecular flexibility index (Phi) is 5.76. The van der Waals surface area contributed by atoms with Gasteiger partial charge in [-0.25, -0.2) is 0 Å². The number of nitrogens with zero attached hydrogens (tertiary/aromatic N) is 2. The minimum Gasteiger partial charge on any atom is -0.338 e. The largest absolute Gasteiger partial charge is 0.338 e. The Hall–Kier alpha value is -1.13. The molecule has 1 fully saturated rings. The van der Waals surface area contributed by atoms with Crippen molar-refractivity contribution in [2.24, 2.45) is 17.6 Å². The van der Waals surface area contributed by atoms with Crippen LogP contribution in [0.1, 0.15) is 36.3 Å². The number of rotatable bonds is 3. The molecule has 0 aromatic carbocycles. The predicted molar refractivity (Wildman–Crippen MR) is 78.2 cm³/mol. The normalized spacial score (nSPS) is 18.5. The van der Waals surface area contributed by atoms with Crippen molar-refractivity contribution in [1.82, 2.24) is 9.88 Å². The zero-order valence-corrected chi connectivity index (χ0v) is 12.3. The van der Waals surface area contributed by atoms with Gasteiger partial charge in [-0.15, -0.1) is 12.4 Å². The fourth-order valence-corrected chi connectivity index (χ4v) is 2.42. The van der Waals surface area contributed by atoms with Gasteiger partial charge in [-0.1, -0.05) is 13.8 Å². The summed E-state index contributed by atoms with van der Waals surface area (Å²) in [6.45, 7) is 6.55. The SMILES string of the molecule is CC(C)C1CCN(C(=O)c2ccnc(CN)c2)C1.Cl. The summed E-state index contributed by atoms with van der Waals surface area (Å²) in [5.74, 6) is 1.37. The van der Waals surface area contributed by atoms with Gasteiger partial charge in [0, 0.05) is 31.4 Å². The summed E-state index contributed by atoms with van der Waals surface area (Å²) in [6.07, 6.45) is 2.77. The lowest BCUT2D eigenvalue weighted by atomic mass is 9.95. The van der Waals surface area contributed by atoms with Crippen molar-refractivity contribution in [3.63, 3.8) is 0 Å². The Morgan fingerprint density at radius 3 is 2.89 bits per heavy atom. The Bertz CT molecular complexity index is 436. The number of carbonyl (C=O) groups excluding carboxylic acids is 1. The number of hydrogen-bond donors (Lipinski definition) is 1. The molecule has 0 spiro atoms. The molecular weight excluding hydrogens is 262 g/mol. The van der Waals surface area contributed by atoms with Gasteiger partial charge in [0.25, 0.3) is 5.91 Å². The lowest BCUT2D eigenvalue weighted by Crippen LogP contribution is -2.29. The van der Waals surface area contributed by atoms with Gasteiger partial charge < -0.3 is 10.6 Å². The van der Waals surface area contributed by atoms with E-state index in [0.29, 0.717) is 23.9 Å². The zero-order chi connectivity index (χ0) is 13.1. The standard InChI is InChI=1S/C14H21N3O.ClH/c1-10(2)12-4-6-17(9-12)14(18)11-3-5-16-13(7-11)8-15;/h3,5,7,10,12H,4,6,8-9,15H2,1-2H3;1H. The maximum Gasteiger partial charge on any atom is 0.253 e. The first kappa shape index (κ1) is 15.9. The van der Waals surface area contributed by atoms with Gasteiger partial charge in [0.05, 0.1) is 5.69 Å².